The van der Waals surface area contributed by atoms with Crippen LogP contribution in [0.4, 0.5) is 14.9 Å². The largest absolute Gasteiger partial charge is 0.322 e. The van der Waals surface area contributed by atoms with Gasteiger partial charge in [0.25, 0.3) is 0 Å². The van der Waals surface area contributed by atoms with E-state index in [1.54, 1.807) is 23.0 Å². The van der Waals surface area contributed by atoms with Crippen LogP contribution in [0.5, 0.6) is 0 Å². The average molecular weight is 316 g/mol. The number of amides is 2. The highest BCUT2D eigenvalue weighted by Crippen LogP contribution is 2.22. The first-order valence-electron chi connectivity index (χ1n) is 8.00. The summed E-state index contributed by atoms with van der Waals surface area (Å²) in [7, 11) is 0. The highest BCUT2D eigenvalue weighted by molar-refractivity contribution is 5.89. The summed E-state index contributed by atoms with van der Waals surface area (Å²) in [6.45, 7) is 3.52. The minimum absolute atomic E-state index is 0.0923. The van der Waals surface area contributed by atoms with Crippen LogP contribution in [0.2, 0.25) is 0 Å². The number of anilines is 1. The van der Waals surface area contributed by atoms with E-state index >= 15 is 0 Å². The minimum Gasteiger partial charge on any atom is -0.321 e. The zero-order valence-electron chi connectivity index (χ0n) is 13.2. The topological polar surface area (TPSA) is 50.2 Å². The molecule has 1 aliphatic rings. The predicted molar refractivity (Wildman–Crippen MR) is 86.8 cm³/mol. The molecule has 122 valence electrons. The number of carbonyl (C=O) groups excluding carboxylic acids is 1. The van der Waals surface area contributed by atoms with Crippen LogP contribution in [-0.4, -0.2) is 33.3 Å². The van der Waals surface area contributed by atoms with Crippen molar-refractivity contribution in [1.29, 1.82) is 0 Å². The standard InChI is InChI=1S/C17H21FN4O/c1-2-21-12-15(11-19-21)20-17(23)22-9-3-4-16(22)10-13-5-7-14(18)8-6-13/h5-8,11-12,16H,2-4,9-10H2,1H3,(H,20,23)/t16-/m1/s1. The van der Waals surface area contributed by atoms with Crippen LogP contribution in [0.1, 0.15) is 25.3 Å². The molecule has 2 amide bonds. The van der Waals surface area contributed by atoms with Gasteiger partial charge in [0.2, 0.25) is 0 Å². The summed E-state index contributed by atoms with van der Waals surface area (Å²) in [4.78, 5) is 14.4. The Labute approximate surface area is 135 Å². The Morgan fingerprint density at radius 3 is 2.87 bits per heavy atom. The maximum atomic E-state index is 13.0. The molecule has 0 radical (unpaired) electrons. The van der Waals surface area contributed by atoms with E-state index in [1.165, 1.54) is 12.1 Å². The fraction of sp³-hybridized carbons (Fsp3) is 0.412. The van der Waals surface area contributed by atoms with Gasteiger partial charge in [0.05, 0.1) is 11.9 Å². The normalized spacial score (nSPS) is 17.5. The molecule has 1 atom stereocenters. The molecule has 0 aliphatic carbocycles. The number of benzene rings is 1. The molecule has 2 aromatic rings. The minimum atomic E-state index is -0.234. The van der Waals surface area contributed by atoms with Crippen molar-refractivity contribution in [3.63, 3.8) is 0 Å². The first-order chi connectivity index (χ1) is 11.2. The third kappa shape index (κ3) is 3.70. The quantitative estimate of drug-likeness (QED) is 0.941. The molecule has 1 aromatic heterocycles. The van der Waals surface area contributed by atoms with Crippen molar-refractivity contribution in [2.75, 3.05) is 11.9 Å². The monoisotopic (exact) mass is 316 g/mol. The van der Waals surface area contributed by atoms with Crippen molar-refractivity contribution >= 4 is 11.7 Å². The van der Waals surface area contributed by atoms with E-state index < -0.39 is 0 Å². The fourth-order valence-electron chi connectivity index (χ4n) is 3.00. The summed E-state index contributed by atoms with van der Waals surface area (Å²) in [5, 5.41) is 7.06. The zero-order valence-corrected chi connectivity index (χ0v) is 13.2. The zero-order chi connectivity index (χ0) is 16.2. The Morgan fingerprint density at radius 2 is 2.17 bits per heavy atom. The molecule has 1 aromatic carbocycles. The summed E-state index contributed by atoms with van der Waals surface area (Å²) in [5.41, 5.74) is 1.76. The third-order valence-corrected chi connectivity index (χ3v) is 4.23. The highest BCUT2D eigenvalue weighted by atomic mass is 19.1. The van der Waals surface area contributed by atoms with Crippen molar-refractivity contribution in [1.82, 2.24) is 14.7 Å². The van der Waals surface area contributed by atoms with E-state index in [0.717, 1.165) is 37.9 Å². The molecular weight excluding hydrogens is 295 g/mol. The molecule has 1 aliphatic heterocycles. The molecule has 23 heavy (non-hydrogen) atoms. The smallest absolute Gasteiger partial charge is 0.321 e. The molecule has 0 unspecified atom stereocenters. The molecule has 2 heterocycles. The number of hydrogen-bond acceptors (Lipinski definition) is 2. The van der Waals surface area contributed by atoms with Gasteiger partial charge in [0, 0.05) is 25.3 Å². The average Bonchev–Trinajstić information content (AvgIpc) is 3.18. The molecule has 1 N–H and O–H groups in total. The maximum absolute atomic E-state index is 13.0. The second-order valence-electron chi connectivity index (χ2n) is 5.83. The van der Waals surface area contributed by atoms with Gasteiger partial charge in [-0.25, -0.2) is 9.18 Å². The summed E-state index contributed by atoms with van der Waals surface area (Å²) in [6.07, 6.45) is 6.20. The Balaban J connectivity index is 1.63. The van der Waals surface area contributed by atoms with Crippen LogP contribution >= 0.6 is 0 Å². The van der Waals surface area contributed by atoms with Gasteiger partial charge < -0.3 is 10.2 Å². The van der Waals surface area contributed by atoms with Crippen LogP contribution in [0.25, 0.3) is 0 Å². The highest BCUT2D eigenvalue weighted by Gasteiger charge is 2.29. The SMILES string of the molecule is CCn1cc(NC(=O)N2CCC[C@@H]2Cc2ccc(F)cc2)cn1. The predicted octanol–water partition coefficient (Wildman–Crippen LogP) is 3.28. The number of nitrogens with one attached hydrogen (secondary N) is 1. The van der Waals surface area contributed by atoms with Crippen molar-refractivity contribution in [2.45, 2.75) is 38.8 Å². The van der Waals surface area contributed by atoms with Gasteiger partial charge in [-0.1, -0.05) is 12.1 Å². The number of hydrogen-bond donors (Lipinski definition) is 1. The third-order valence-electron chi connectivity index (χ3n) is 4.23. The lowest BCUT2D eigenvalue weighted by molar-refractivity contribution is 0.206. The lowest BCUT2D eigenvalue weighted by atomic mass is 10.0. The van der Waals surface area contributed by atoms with Crippen molar-refractivity contribution in [2.24, 2.45) is 0 Å². The van der Waals surface area contributed by atoms with Crippen molar-refractivity contribution < 1.29 is 9.18 Å². The van der Waals surface area contributed by atoms with E-state index in [9.17, 15) is 9.18 Å². The second-order valence-corrected chi connectivity index (χ2v) is 5.83. The summed E-state index contributed by atoms with van der Waals surface area (Å²) in [5.74, 6) is -0.234. The Morgan fingerprint density at radius 1 is 1.39 bits per heavy atom. The van der Waals surface area contributed by atoms with E-state index in [2.05, 4.69) is 10.4 Å². The van der Waals surface area contributed by atoms with E-state index in [0.29, 0.717) is 5.69 Å². The van der Waals surface area contributed by atoms with Crippen molar-refractivity contribution in [3.8, 4) is 0 Å². The summed E-state index contributed by atoms with van der Waals surface area (Å²) >= 11 is 0. The van der Waals surface area contributed by atoms with Gasteiger partial charge in [-0.05, 0) is 43.9 Å². The van der Waals surface area contributed by atoms with Gasteiger partial charge in [0.15, 0.2) is 0 Å². The Hall–Kier alpha value is -2.37. The summed E-state index contributed by atoms with van der Waals surface area (Å²) < 4.78 is 14.8. The maximum Gasteiger partial charge on any atom is 0.322 e. The van der Waals surface area contributed by atoms with E-state index in [4.69, 9.17) is 0 Å². The van der Waals surface area contributed by atoms with E-state index in [-0.39, 0.29) is 17.9 Å². The Kier molecular flexibility index (Phi) is 4.60. The van der Waals surface area contributed by atoms with Crippen LogP contribution in [0, 0.1) is 5.82 Å². The molecule has 6 heteroatoms. The number of likely N-dealkylation sites (tertiary alicyclic amines) is 1. The molecule has 1 fully saturated rings. The van der Waals surface area contributed by atoms with Gasteiger partial charge >= 0.3 is 6.03 Å². The number of aryl methyl sites for hydroxylation is 1. The number of halogens is 1. The van der Waals surface area contributed by atoms with E-state index in [1.807, 2.05) is 18.0 Å². The van der Waals surface area contributed by atoms with Crippen LogP contribution in [-0.2, 0) is 13.0 Å². The van der Waals surface area contributed by atoms with Crippen LogP contribution < -0.4 is 5.32 Å². The van der Waals surface area contributed by atoms with Gasteiger partial charge in [-0.3, -0.25) is 4.68 Å². The number of carbonyl (C=O) groups is 1. The molecule has 0 bridgehead atoms. The fourth-order valence-corrected chi connectivity index (χ4v) is 3.00. The molecular formula is C17H21FN4O. The lowest BCUT2D eigenvalue weighted by Crippen LogP contribution is -2.39. The second kappa shape index (κ2) is 6.81. The number of aromatic nitrogens is 2. The van der Waals surface area contributed by atoms with Crippen LogP contribution in [0.3, 0.4) is 0 Å². The molecule has 5 nitrogen and oxygen atoms in total. The summed E-state index contributed by atoms with van der Waals surface area (Å²) in [6, 6.07) is 6.57. The first-order valence-corrected chi connectivity index (χ1v) is 8.00. The number of urea groups is 1. The van der Waals surface area contributed by atoms with Gasteiger partial charge in [-0.15, -0.1) is 0 Å². The molecule has 3 rings (SSSR count). The van der Waals surface area contributed by atoms with Gasteiger partial charge in [0.1, 0.15) is 5.82 Å². The number of rotatable bonds is 4. The van der Waals surface area contributed by atoms with Gasteiger partial charge in [-0.2, -0.15) is 5.10 Å². The van der Waals surface area contributed by atoms with Crippen LogP contribution in [0.15, 0.2) is 36.7 Å². The molecule has 1 saturated heterocycles. The molecule has 0 spiro atoms. The Bertz CT molecular complexity index is 667. The molecule has 0 saturated carbocycles. The lowest BCUT2D eigenvalue weighted by Gasteiger charge is -2.24. The number of nitrogens with zero attached hydrogens (tertiary/aromatic N) is 3. The van der Waals surface area contributed by atoms with Crippen molar-refractivity contribution in [3.05, 3.63) is 48.0 Å². The first kappa shape index (κ1) is 15.5.